The van der Waals surface area contributed by atoms with E-state index in [1.165, 1.54) is 12.1 Å². The Balaban J connectivity index is 1.89. The second-order valence-electron chi connectivity index (χ2n) is 5.78. The lowest BCUT2D eigenvalue weighted by atomic mass is 10.1. The van der Waals surface area contributed by atoms with Crippen LogP contribution in [0, 0.1) is 17.2 Å². The molecule has 1 aliphatic carbocycles. The zero-order valence-corrected chi connectivity index (χ0v) is 11.4. The highest BCUT2D eigenvalue weighted by atomic mass is 19.1. The Kier molecular flexibility index (Phi) is 2.69. The molecule has 1 heterocycles. The molecule has 0 saturated heterocycles. The lowest BCUT2D eigenvalue weighted by Crippen LogP contribution is -1.92. The maximum absolute atomic E-state index is 13.2. The van der Waals surface area contributed by atoms with Gasteiger partial charge in [-0.3, -0.25) is 0 Å². The highest BCUT2D eigenvalue weighted by Gasteiger charge is 2.59. The molecule has 1 aromatic heterocycles. The molecule has 0 spiro atoms. The molecule has 0 amide bonds. The molecule has 0 unspecified atom stereocenters. The van der Waals surface area contributed by atoms with Gasteiger partial charge in [0.2, 0.25) is 0 Å². The third-order valence-electron chi connectivity index (χ3n) is 4.28. The Bertz CT molecular complexity index is 606. The van der Waals surface area contributed by atoms with Gasteiger partial charge in [0.25, 0.3) is 5.89 Å². The summed E-state index contributed by atoms with van der Waals surface area (Å²) in [6.07, 6.45) is 1.11. The minimum Gasteiger partial charge on any atom is -0.334 e. The number of aromatic nitrogens is 2. The first-order chi connectivity index (χ1) is 9.04. The Labute approximate surface area is 111 Å². The number of hydrogen-bond donors (Lipinski definition) is 0. The maximum Gasteiger partial charge on any atom is 0.258 e. The monoisotopic (exact) mass is 260 g/mol. The van der Waals surface area contributed by atoms with E-state index in [1.807, 2.05) is 0 Å². The quantitative estimate of drug-likeness (QED) is 0.836. The molecule has 3 rings (SSSR count). The minimum atomic E-state index is -0.296. The molecule has 1 saturated carbocycles. The number of halogens is 1. The first kappa shape index (κ1) is 12.3. The fourth-order valence-corrected chi connectivity index (χ4v) is 3.12. The van der Waals surface area contributed by atoms with E-state index in [2.05, 4.69) is 30.9 Å². The molecule has 19 heavy (non-hydrogen) atoms. The summed E-state index contributed by atoms with van der Waals surface area (Å²) in [5.74, 6) is 1.80. The first-order valence-corrected chi connectivity index (χ1v) is 6.63. The van der Waals surface area contributed by atoms with E-state index in [4.69, 9.17) is 4.52 Å². The molecule has 0 bridgehead atoms. The molecule has 100 valence electrons. The van der Waals surface area contributed by atoms with E-state index in [9.17, 15) is 4.39 Å². The van der Waals surface area contributed by atoms with Crippen molar-refractivity contribution in [3.05, 3.63) is 35.9 Å². The highest BCUT2D eigenvalue weighted by Crippen LogP contribution is 2.65. The van der Waals surface area contributed by atoms with Crippen molar-refractivity contribution in [2.45, 2.75) is 33.1 Å². The zero-order valence-electron chi connectivity index (χ0n) is 11.4. The van der Waals surface area contributed by atoms with Crippen LogP contribution in [-0.2, 0) is 0 Å². The van der Waals surface area contributed by atoms with Crippen LogP contribution >= 0.6 is 0 Å². The predicted octanol–water partition coefficient (Wildman–Crippen LogP) is 4.03. The van der Waals surface area contributed by atoms with Gasteiger partial charge in [-0.15, -0.1) is 0 Å². The number of rotatable bonds is 3. The smallest absolute Gasteiger partial charge is 0.258 e. The summed E-state index contributed by atoms with van der Waals surface area (Å²) in [5.41, 5.74) is 0.864. The lowest BCUT2D eigenvalue weighted by molar-refractivity contribution is 0.419. The van der Waals surface area contributed by atoms with Gasteiger partial charge in [0, 0.05) is 11.5 Å². The summed E-state index contributed by atoms with van der Waals surface area (Å²) >= 11 is 0. The third kappa shape index (κ3) is 1.95. The number of benzene rings is 1. The molecule has 1 fully saturated rings. The van der Waals surface area contributed by atoms with Gasteiger partial charge >= 0.3 is 0 Å². The molecule has 0 N–H and O–H groups in total. The van der Waals surface area contributed by atoms with Crippen molar-refractivity contribution in [2.75, 3.05) is 0 Å². The molecule has 4 heteroatoms. The van der Waals surface area contributed by atoms with Crippen LogP contribution < -0.4 is 0 Å². The molecule has 2 atom stereocenters. The topological polar surface area (TPSA) is 38.9 Å². The van der Waals surface area contributed by atoms with Gasteiger partial charge < -0.3 is 4.52 Å². The van der Waals surface area contributed by atoms with Crippen LogP contribution in [0.1, 0.15) is 38.9 Å². The second kappa shape index (κ2) is 4.15. The van der Waals surface area contributed by atoms with Gasteiger partial charge in [-0.1, -0.05) is 38.4 Å². The van der Waals surface area contributed by atoms with Crippen molar-refractivity contribution < 1.29 is 8.91 Å². The Morgan fingerprint density at radius 2 is 2.16 bits per heavy atom. The molecular weight excluding hydrogens is 243 g/mol. The van der Waals surface area contributed by atoms with Crippen LogP contribution in [0.5, 0.6) is 0 Å². The standard InChI is InChI=1S/C15H17FN2O/c1-4-11-12(15(11,2)3)13-17-14(19-18-13)9-6-5-7-10(16)8-9/h5-8,11-12H,4H2,1-3H3/t11-,12+/m1/s1. The number of nitrogens with zero attached hydrogens (tertiary/aromatic N) is 2. The summed E-state index contributed by atoms with van der Waals surface area (Å²) in [6.45, 7) is 6.63. The van der Waals surface area contributed by atoms with Gasteiger partial charge in [-0.2, -0.15) is 4.98 Å². The van der Waals surface area contributed by atoms with E-state index in [0.717, 1.165) is 12.2 Å². The average molecular weight is 260 g/mol. The molecule has 3 nitrogen and oxygen atoms in total. The average Bonchev–Trinajstić information content (AvgIpc) is 2.76. The van der Waals surface area contributed by atoms with Crippen molar-refractivity contribution in [1.82, 2.24) is 10.1 Å². The van der Waals surface area contributed by atoms with Crippen LogP contribution in [0.15, 0.2) is 28.8 Å². The largest absolute Gasteiger partial charge is 0.334 e. The molecule has 0 radical (unpaired) electrons. The van der Waals surface area contributed by atoms with Gasteiger partial charge in [0.15, 0.2) is 5.82 Å². The fourth-order valence-electron chi connectivity index (χ4n) is 3.12. The van der Waals surface area contributed by atoms with Crippen LogP contribution in [0.4, 0.5) is 4.39 Å². The van der Waals surface area contributed by atoms with E-state index >= 15 is 0 Å². The summed E-state index contributed by atoms with van der Waals surface area (Å²) in [6, 6.07) is 6.23. The number of hydrogen-bond acceptors (Lipinski definition) is 3. The van der Waals surface area contributed by atoms with Crippen molar-refractivity contribution in [1.29, 1.82) is 0 Å². The lowest BCUT2D eigenvalue weighted by Gasteiger charge is -1.97. The normalized spacial score (nSPS) is 24.4. The molecular formula is C15H17FN2O. The summed E-state index contributed by atoms with van der Waals surface area (Å²) < 4.78 is 18.4. The fraction of sp³-hybridized carbons (Fsp3) is 0.467. The first-order valence-electron chi connectivity index (χ1n) is 6.63. The van der Waals surface area contributed by atoms with Gasteiger partial charge in [0.1, 0.15) is 5.82 Å². The Hall–Kier alpha value is -1.71. The van der Waals surface area contributed by atoms with Crippen LogP contribution in [0.2, 0.25) is 0 Å². The van der Waals surface area contributed by atoms with Crippen molar-refractivity contribution in [3.63, 3.8) is 0 Å². The molecule has 0 aliphatic heterocycles. The van der Waals surface area contributed by atoms with E-state index in [-0.39, 0.29) is 11.2 Å². The van der Waals surface area contributed by atoms with Crippen molar-refractivity contribution >= 4 is 0 Å². The van der Waals surface area contributed by atoms with Gasteiger partial charge in [-0.05, 0) is 29.5 Å². The molecule has 1 aliphatic rings. The minimum absolute atomic E-state index is 0.234. The SMILES string of the molecule is CC[C@@H]1[C@@H](c2noc(-c3cccc(F)c3)n2)C1(C)C. The third-order valence-corrected chi connectivity index (χ3v) is 4.28. The van der Waals surface area contributed by atoms with Crippen LogP contribution in [0.3, 0.4) is 0 Å². The summed E-state index contributed by atoms with van der Waals surface area (Å²) in [4.78, 5) is 4.43. The molecule has 1 aromatic carbocycles. The van der Waals surface area contributed by atoms with Crippen molar-refractivity contribution in [3.8, 4) is 11.5 Å². The highest BCUT2D eigenvalue weighted by molar-refractivity contribution is 5.52. The van der Waals surface area contributed by atoms with Crippen molar-refractivity contribution in [2.24, 2.45) is 11.3 Å². The van der Waals surface area contributed by atoms with Gasteiger partial charge in [-0.25, -0.2) is 4.39 Å². The van der Waals surface area contributed by atoms with E-state index in [1.54, 1.807) is 12.1 Å². The van der Waals surface area contributed by atoms with Gasteiger partial charge in [0.05, 0.1) is 0 Å². The van der Waals surface area contributed by atoms with E-state index < -0.39 is 0 Å². The van der Waals surface area contributed by atoms with E-state index in [0.29, 0.717) is 23.3 Å². The second-order valence-corrected chi connectivity index (χ2v) is 5.78. The van der Waals surface area contributed by atoms with Crippen LogP contribution in [-0.4, -0.2) is 10.1 Å². The maximum atomic E-state index is 13.2. The summed E-state index contributed by atoms with van der Waals surface area (Å²) in [5, 5.41) is 4.07. The Morgan fingerprint density at radius 3 is 2.79 bits per heavy atom. The zero-order chi connectivity index (χ0) is 13.6. The Morgan fingerprint density at radius 1 is 1.37 bits per heavy atom. The predicted molar refractivity (Wildman–Crippen MR) is 70.0 cm³/mol. The van der Waals surface area contributed by atoms with Crippen LogP contribution in [0.25, 0.3) is 11.5 Å². The summed E-state index contributed by atoms with van der Waals surface area (Å²) in [7, 11) is 0. The molecule has 2 aromatic rings.